The Morgan fingerprint density at radius 1 is 1.32 bits per heavy atom. The van der Waals surface area contributed by atoms with Gasteiger partial charge in [-0.1, -0.05) is 12.1 Å². The lowest BCUT2D eigenvalue weighted by Gasteiger charge is -2.25. The van der Waals surface area contributed by atoms with Crippen molar-refractivity contribution in [1.82, 2.24) is 25.1 Å². The molecule has 1 unspecified atom stereocenters. The van der Waals surface area contributed by atoms with E-state index in [2.05, 4.69) is 20.2 Å². The topological polar surface area (TPSA) is 77.7 Å². The number of carbonyl (C=O) groups excluding carboxylic acids is 1. The molecule has 1 aliphatic heterocycles. The summed E-state index contributed by atoms with van der Waals surface area (Å²) in [5.74, 6) is 1.07. The molecule has 1 saturated heterocycles. The molecule has 0 bridgehead atoms. The molecule has 1 fully saturated rings. The molecule has 1 aromatic carbocycles. The van der Waals surface area contributed by atoms with E-state index in [4.69, 9.17) is 0 Å². The maximum absolute atomic E-state index is 12.8. The van der Waals surface area contributed by atoms with Gasteiger partial charge < -0.3 is 9.88 Å². The van der Waals surface area contributed by atoms with Crippen molar-refractivity contribution in [3.05, 3.63) is 47.0 Å². The summed E-state index contributed by atoms with van der Waals surface area (Å²) in [6.07, 6.45) is 3.18. The van der Waals surface area contributed by atoms with Gasteiger partial charge in [0, 0.05) is 30.6 Å². The van der Waals surface area contributed by atoms with Gasteiger partial charge in [-0.25, -0.2) is 4.98 Å². The van der Waals surface area contributed by atoms with Crippen LogP contribution >= 0.6 is 0 Å². The van der Waals surface area contributed by atoms with Crippen molar-refractivity contribution in [3.63, 3.8) is 0 Å². The minimum atomic E-state index is 0.155. The Morgan fingerprint density at radius 3 is 2.92 bits per heavy atom. The number of benzene rings is 1. The van der Waals surface area contributed by atoms with Gasteiger partial charge in [0.2, 0.25) is 5.91 Å². The Balaban J connectivity index is 1.46. The number of aryl methyl sites for hydroxylation is 3. The zero-order valence-electron chi connectivity index (χ0n) is 14.7. The first-order valence-corrected chi connectivity index (χ1v) is 8.88. The van der Waals surface area contributed by atoms with Crippen molar-refractivity contribution in [2.24, 2.45) is 0 Å². The third-order valence-corrected chi connectivity index (χ3v) is 5.11. The second kappa shape index (κ2) is 6.35. The van der Waals surface area contributed by atoms with E-state index in [1.54, 1.807) is 0 Å². The zero-order valence-corrected chi connectivity index (χ0v) is 14.7. The highest BCUT2D eigenvalue weighted by atomic mass is 16.2. The van der Waals surface area contributed by atoms with E-state index in [0.29, 0.717) is 12.8 Å². The van der Waals surface area contributed by atoms with Gasteiger partial charge in [0.1, 0.15) is 5.82 Å². The maximum Gasteiger partial charge on any atom is 0.223 e. The third-order valence-electron chi connectivity index (χ3n) is 5.11. The molecule has 3 heterocycles. The number of aromatic amines is 2. The number of carbonyl (C=O) groups is 1. The summed E-state index contributed by atoms with van der Waals surface area (Å²) in [5, 5.41) is 7.34. The summed E-state index contributed by atoms with van der Waals surface area (Å²) in [4.78, 5) is 22.7. The summed E-state index contributed by atoms with van der Waals surface area (Å²) in [6.45, 7) is 4.87. The molecule has 1 atom stereocenters. The molecule has 4 rings (SSSR count). The van der Waals surface area contributed by atoms with Gasteiger partial charge in [0.05, 0.1) is 22.8 Å². The number of fused-ring (bicyclic) bond motifs is 1. The van der Waals surface area contributed by atoms with Gasteiger partial charge >= 0.3 is 0 Å². The number of rotatable bonds is 4. The fourth-order valence-electron chi connectivity index (χ4n) is 3.91. The number of likely N-dealkylation sites (tertiary alicyclic amines) is 1. The second-order valence-corrected chi connectivity index (χ2v) is 6.79. The average molecular weight is 337 g/mol. The van der Waals surface area contributed by atoms with Gasteiger partial charge in [-0.3, -0.25) is 9.89 Å². The molecular weight excluding hydrogens is 314 g/mol. The maximum atomic E-state index is 12.8. The normalized spacial score (nSPS) is 17.5. The molecule has 3 aromatic rings. The first kappa shape index (κ1) is 15.9. The predicted octanol–water partition coefficient (Wildman–Crippen LogP) is 3.20. The zero-order chi connectivity index (χ0) is 17.4. The molecular formula is C19H23N5O. The van der Waals surface area contributed by atoms with E-state index in [1.165, 1.54) is 5.56 Å². The van der Waals surface area contributed by atoms with Crippen LogP contribution in [0.3, 0.4) is 0 Å². The third kappa shape index (κ3) is 2.92. The molecule has 1 aliphatic rings. The molecule has 6 nitrogen and oxygen atoms in total. The van der Waals surface area contributed by atoms with Crippen LogP contribution in [0, 0.1) is 13.8 Å². The van der Waals surface area contributed by atoms with Gasteiger partial charge in [-0.05, 0) is 38.8 Å². The van der Waals surface area contributed by atoms with Crippen LogP contribution in [0.1, 0.15) is 48.1 Å². The highest BCUT2D eigenvalue weighted by Crippen LogP contribution is 2.35. The van der Waals surface area contributed by atoms with Gasteiger partial charge in [-0.2, -0.15) is 5.10 Å². The van der Waals surface area contributed by atoms with Crippen LogP contribution in [-0.4, -0.2) is 37.5 Å². The number of nitrogens with one attached hydrogen (secondary N) is 2. The lowest BCUT2D eigenvalue weighted by molar-refractivity contribution is -0.132. The smallest absolute Gasteiger partial charge is 0.223 e. The van der Waals surface area contributed by atoms with Crippen LogP contribution in [-0.2, 0) is 11.2 Å². The number of H-pyrrole nitrogens is 2. The number of amides is 1. The van der Waals surface area contributed by atoms with Crippen molar-refractivity contribution >= 4 is 16.9 Å². The van der Waals surface area contributed by atoms with E-state index in [9.17, 15) is 4.79 Å². The first-order chi connectivity index (χ1) is 12.1. The summed E-state index contributed by atoms with van der Waals surface area (Å²) in [7, 11) is 0. The number of para-hydroxylation sites is 2. The van der Waals surface area contributed by atoms with Crippen molar-refractivity contribution in [2.75, 3.05) is 6.54 Å². The minimum Gasteiger partial charge on any atom is -0.342 e. The van der Waals surface area contributed by atoms with Crippen LogP contribution in [0.5, 0.6) is 0 Å². The molecule has 2 N–H and O–H groups in total. The summed E-state index contributed by atoms with van der Waals surface area (Å²) in [6, 6.07) is 8.11. The number of hydrogen-bond donors (Lipinski definition) is 2. The van der Waals surface area contributed by atoms with Gasteiger partial charge in [0.15, 0.2) is 0 Å². The second-order valence-electron chi connectivity index (χ2n) is 6.79. The fraction of sp³-hybridized carbons (Fsp3) is 0.421. The van der Waals surface area contributed by atoms with E-state index >= 15 is 0 Å². The van der Waals surface area contributed by atoms with E-state index in [-0.39, 0.29) is 11.9 Å². The Bertz CT molecular complexity index is 857. The molecule has 25 heavy (non-hydrogen) atoms. The lowest BCUT2D eigenvalue weighted by atomic mass is 10.0. The molecule has 6 heteroatoms. The highest BCUT2D eigenvalue weighted by molar-refractivity contribution is 5.78. The van der Waals surface area contributed by atoms with Crippen LogP contribution in [0.4, 0.5) is 0 Å². The number of imidazole rings is 1. The molecule has 0 saturated carbocycles. The predicted molar refractivity (Wildman–Crippen MR) is 96.2 cm³/mol. The summed E-state index contributed by atoms with van der Waals surface area (Å²) in [5.41, 5.74) is 5.23. The monoisotopic (exact) mass is 337 g/mol. The van der Waals surface area contributed by atoms with Crippen LogP contribution in [0.25, 0.3) is 11.0 Å². The SMILES string of the molecule is Cc1n[nH]c(C)c1C1CCCN1C(=O)CCc1nc2ccccc2[nH]1. The molecule has 0 aliphatic carbocycles. The molecule has 0 radical (unpaired) electrons. The van der Waals surface area contributed by atoms with Crippen LogP contribution in [0.2, 0.25) is 0 Å². The van der Waals surface area contributed by atoms with Crippen molar-refractivity contribution in [3.8, 4) is 0 Å². The Labute approximate surface area is 146 Å². The van der Waals surface area contributed by atoms with E-state index in [0.717, 1.165) is 47.6 Å². The molecule has 130 valence electrons. The Hall–Kier alpha value is -2.63. The van der Waals surface area contributed by atoms with Crippen LogP contribution in [0.15, 0.2) is 24.3 Å². The number of hydrogen-bond acceptors (Lipinski definition) is 3. The number of aromatic nitrogens is 4. The first-order valence-electron chi connectivity index (χ1n) is 8.88. The summed E-state index contributed by atoms with van der Waals surface area (Å²) < 4.78 is 0. The minimum absolute atomic E-state index is 0.155. The average Bonchev–Trinajstić information content (AvgIpc) is 3.31. The van der Waals surface area contributed by atoms with Gasteiger partial charge in [-0.15, -0.1) is 0 Å². The number of nitrogens with zero attached hydrogens (tertiary/aromatic N) is 3. The quantitative estimate of drug-likeness (QED) is 0.767. The highest BCUT2D eigenvalue weighted by Gasteiger charge is 2.32. The van der Waals surface area contributed by atoms with Crippen LogP contribution < -0.4 is 0 Å². The fourth-order valence-corrected chi connectivity index (χ4v) is 3.91. The Morgan fingerprint density at radius 2 is 2.16 bits per heavy atom. The molecule has 1 amide bonds. The standard InChI is InChI=1S/C19H23N5O/c1-12-19(13(2)23-22-12)16-8-5-11-24(16)18(25)10-9-17-20-14-6-3-4-7-15(14)21-17/h3-4,6-7,16H,5,8-11H2,1-2H3,(H,20,21)(H,22,23). The Kier molecular flexibility index (Phi) is 4.03. The van der Waals surface area contributed by atoms with Gasteiger partial charge in [0.25, 0.3) is 0 Å². The van der Waals surface area contributed by atoms with E-state index < -0.39 is 0 Å². The van der Waals surface area contributed by atoms with Crippen molar-refractivity contribution < 1.29 is 4.79 Å². The largest absolute Gasteiger partial charge is 0.342 e. The van der Waals surface area contributed by atoms with Crippen molar-refractivity contribution in [2.45, 2.75) is 45.6 Å². The van der Waals surface area contributed by atoms with Crippen molar-refractivity contribution in [1.29, 1.82) is 0 Å². The summed E-state index contributed by atoms with van der Waals surface area (Å²) >= 11 is 0. The van der Waals surface area contributed by atoms with E-state index in [1.807, 2.05) is 43.0 Å². The molecule has 2 aromatic heterocycles. The lowest BCUT2D eigenvalue weighted by Crippen LogP contribution is -2.31. The molecule has 0 spiro atoms.